The molecule has 31 heavy (non-hydrogen) atoms. The van der Waals surface area contributed by atoms with E-state index in [0.29, 0.717) is 11.1 Å². The van der Waals surface area contributed by atoms with Crippen LogP contribution in [0.2, 0.25) is 0 Å². The molecule has 3 aromatic rings. The first-order valence-electron chi connectivity index (χ1n) is 9.45. The van der Waals surface area contributed by atoms with E-state index in [9.17, 15) is 19.8 Å². The number of carbonyl (C=O) groups is 2. The highest BCUT2D eigenvalue weighted by Crippen LogP contribution is 2.47. The highest BCUT2D eigenvalue weighted by molar-refractivity contribution is 5.96. The molecule has 0 fully saturated rings. The first kappa shape index (κ1) is 21.6. The van der Waals surface area contributed by atoms with Crippen LogP contribution in [0.15, 0.2) is 84.9 Å². The number of ether oxygens (including phenoxy) is 2. The van der Waals surface area contributed by atoms with Crippen LogP contribution in [-0.2, 0) is 19.9 Å². The maximum atomic E-state index is 12.4. The van der Waals surface area contributed by atoms with Gasteiger partial charge in [0.05, 0.1) is 12.7 Å². The lowest BCUT2D eigenvalue weighted by molar-refractivity contribution is -0.136. The average Bonchev–Trinajstić information content (AvgIpc) is 3.08. The predicted molar refractivity (Wildman–Crippen MR) is 115 cm³/mol. The minimum Gasteiger partial charge on any atom is -0.508 e. The van der Waals surface area contributed by atoms with Crippen LogP contribution < -0.4 is 0 Å². The molecule has 0 amide bonds. The zero-order chi connectivity index (χ0) is 22.6. The molecule has 1 aliphatic heterocycles. The van der Waals surface area contributed by atoms with Crippen LogP contribution in [0.3, 0.4) is 0 Å². The number of phenols is 2. The second-order valence-corrected chi connectivity index (χ2v) is 6.98. The monoisotopic (exact) mass is 418 g/mol. The van der Waals surface area contributed by atoms with E-state index >= 15 is 0 Å². The van der Waals surface area contributed by atoms with Crippen molar-refractivity contribution in [2.45, 2.75) is 12.5 Å². The molecule has 1 aliphatic rings. The molecule has 0 unspecified atom stereocenters. The van der Waals surface area contributed by atoms with Crippen LogP contribution in [0.5, 0.6) is 11.5 Å². The van der Waals surface area contributed by atoms with Crippen molar-refractivity contribution in [3.05, 3.63) is 107 Å². The Morgan fingerprint density at radius 2 is 1.39 bits per heavy atom. The normalized spacial score (nSPS) is 13.3. The summed E-state index contributed by atoms with van der Waals surface area (Å²) < 4.78 is 10.1. The molecule has 0 saturated heterocycles. The molecule has 0 bridgehead atoms. The molecule has 4 rings (SSSR count). The third-order valence-electron chi connectivity index (χ3n) is 4.85. The smallest absolute Gasteiger partial charge is 0.340 e. The van der Waals surface area contributed by atoms with Crippen LogP contribution >= 0.6 is 0 Å². The highest BCUT2D eigenvalue weighted by atomic mass is 16.6. The van der Waals surface area contributed by atoms with Gasteiger partial charge in [-0.1, -0.05) is 49.0 Å². The van der Waals surface area contributed by atoms with Gasteiger partial charge in [-0.3, -0.25) is 0 Å². The number of carbonyl (C=O) groups excluding carboxylic acids is 2. The fraction of sp³-hybridized carbons (Fsp3) is 0.120. The first-order valence-corrected chi connectivity index (χ1v) is 9.45. The number of benzene rings is 3. The fourth-order valence-electron chi connectivity index (χ4n) is 3.38. The summed E-state index contributed by atoms with van der Waals surface area (Å²) in [5.74, 6) is -0.471. The van der Waals surface area contributed by atoms with E-state index in [0.717, 1.165) is 16.7 Å². The fourth-order valence-corrected chi connectivity index (χ4v) is 3.38. The third kappa shape index (κ3) is 4.14. The molecule has 0 aliphatic carbocycles. The minimum atomic E-state index is -1.10. The van der Waals surface area contributed by atoms with Gasteiger partial charge in [0.1, 0.15) is 11.5 Å². The molecule has 3 aromatic carbocycles. The van der Waals surface area contributed by atoms with Gasteiger partial charge in [0.15, 0.2) is 5.60 Å². The van der Waals surface area contributed by atoms with Crippen molar-refractivity contribution in [1.82, 2.24) is 0 Å². The van der Waals surface area contributed by atoms with Crippen molar-refractivity contribution in [2.24, 2.45) is 0 Å². The molecule has 6 nitrogen and oxygen atoms in total. The van der Waals surface area contributed by atoms with Gasteiger partial charge >= 0.3 is 11.9 Å². The zero-order valence-corrected chi connectivity index (χ0v) is 17.2. The van der Waals surface area contributed by atoms with Gasteiger partial charge in [0.25, 0.3) is 0 Å². The molecule has 0 atom stereocenters. The highest BCUT2D eigenvalue weighted by Gasteiger charge is 2.48. The van der Waals surface area contributed by atoms with Crippen LogP contribution in [0.25, 0.3) is 0 Å². The predicted octanol–water partition coefficient (Wildman–Crippen LogP) is 4.30. The Bertz CT molecular complexity index is 1070. The molecule has 1 heterocycles. The van der Waals surface area contributed by atoms with Crippen molar-refractivity contribution < 1.29 is 29.3 Å². The Morgan fingerprint density at radius 1 is 0.903 bits per heavy atom. The van der Waals surface area contributed by atoms with E-state index in [4.69, 9.17) is 4.74 Å². The van der Waals surface area contributed by atoms with Gasteiger partial charge in [-0.25, -0.2) is 9.59 Å². The number of cyclic esters (lactones) is 1. The van der Waals surface area contributed by atoms with Gasteiger partial charge in [0.2, 0.25) is 0 Å². The molecule has 6 heteroatoms. The molecular weight excluding hydrogens is 396 g/mol. The molecule has 0 radical (unpaired) electrons. The quantitative estimate of drug-likeness (QED) is 0.487. The van der Waals surface area contributed by atoms with Crippen molar-refractivity contribution >= 4 is 11.9 Å². The topological polar surface area (TPSA) is 93.1 Å². The van der Waals surface area contributed by atoms with Gasteiger partial charge in [-0.05, 0) is 37.3 Å². The molecule has 0 saturated carbocycles. The standard InChI is InChI=1S/C20H14O4.C5H8O2/c21-15-9-5-13(6-10-15)20(14-7-11-16(22)12-8-14)18-4-2-1-3-17(18)19(23)24-20;1-4(2)5(6)7-3/h1-12,21-22H;1H2,2-3H3. The summed E-state index contributed by atoms with van der Waals surface area (Å²) in [7, 11) is 1.33. The Balaban J connectivity index is 0.000000339. The van der Waals surface area contributed by atoms with E-state index in [1.54, 1.807) is 67.6 Å². The van der Waals surface area contributed by atoms with Crippen molar-refractivity contribution in [2.75, 3.05) is 7.11 Å². The molecule has 2 N–H and O–H groups in total. The SMILES string of the molecule is C=C(C)C(=O)OC.O=C1OC(c2ccc(O)cc2)(c2ccc(O)cc2)c2ccccc21. The van der Waals surface area contributed by atoms with Crippen molar-refractivity contribution in [3.63, 3.8) is 0 Å². The number of phenolic OH excluding ortho intramolecular Hbond substituents is 2. The van der Waals surface area contributed by atoms with Crippen LogP contribution in [0, 0.1) is 0 Å². The number of esters is 2. The number of hydrogen-bond acceptors (Lipinski definition) is 6. The van der Waals surface area contributed by atoms with E-state index < -0.39 is 11.6 Å². The molecule has 0 aromatic heterocycles. The maximum Gasteiger partial charge on any atom is 0.340 e. The maximum absolute atomic E-state index is 12.4. The summed E-state index contributed by atoms with van der Waals surface area (Å²) in [6, 6.07) is 20.4. The van der Waals surface area contributed by atoms with E-state index in [-0.39, 0.29) is 17.5 Å². The summed E-state index contributed by atoms with van der Waals surface area (Å²) in [4.78, 5) is 22.6. The summed E-state index contributed by atoms with van der Waals surface area (Å²) >= 11 is 0. The summed E-state index contributed by atoms with van der Waals surface area (Å²) in [5, 5.41) is 19.2. The van der Waals surface area contributed by atoms with Gasteiger partial charge in [0, 0.05) is 22.3 Å². The Morgan fingerprint density at radius 3 is 1.81 bits per heavy atom. The van der Waals surface area contributed by atoms with E-state index in [2.05, 4.69) is 11.3 Å². The number of hydrogen-bond donors (Lipinski definition) is 2. The first-order chi connectivity index (χ1) is 14.8. The van der Waals surface area contributed by atoms with E-state index in [1.165, 1.54) is 7.11 Å². The second-order valence-electron chi connectivity index (χ2n) is 6.98. The Labute approximate surface area is 180 Å². The lowest BCUT2D eigenvalue weighted by Gasteiger charge is -2.30. The Kier molecular flexibility index (Phi) is 6.11. The second kappa shape index (κ2) is 8.75. The summed E-state index contributed by atoms with van der Waals surface area (Å²) in [6.45, 7) is 4.95. The number of fused-ring (bicyclic) bond motifs is 1. The lowest BCUT2D eigenvalue weighted by atomic mass is 9.80. The summed E-state index contributed by atoms with van der Waals surface area (Å²) in [6.07, 6.45) is 0. The lowest BCUT2D eigenvalue weighted by Crippen LogP contribution is -2.29. The van der Waals surface area contributed by atoms with Crippen molar-refractivity contribution in [3.8, 4) is 11.5 Å². The Hall–Kier alpha value is -4.06. The largest absolute Gasteiger partial charge is 0.508 e. The molecular formula is C25H22O6. The van der Waals surface area contributed by atoms with Gasteiger partial charge in [-0.15, -0.1) is 0 Å². The van der Waals surface area contributed by atoms with Crippen LogP contribution in [0.4, 0.5) is 0 Å². The van der Waals surface area contributed by atoms with Crippen LogP contribution in [-0.4, -0.2) is 29.3 Å². The number of methoxy groups -OCH3 is 1. The number of rotatable bonds is 3. The van der Waals surface area contributed by atoms with Gasteiger partial charge < -0.3 is 19.7 Å². The van der Waals surface area contributed by atoms with Crippen LogP contribution in [0.1, 0.15) is 34.0 Å². The third-order valence-corrected chi connectivity index (χ3v) is 4.85. The molecule has 0 spiro atoms. The average molecular weight is 418 g/mol. The van der Waals surface area contributed by atoms with Crippen molar-refractivity contribution in [1.29, 1.82) is 0 Å². The minimum absolute atomic E-state index is 0.136. The van der Waals surface area contributed by atoms with Gasteiger partial charge in [-0.2, -0.15) is 0 Å². The van der Waals surface area contributed by atoms with E-state index in [1.807, 2.05) is 12.1 Å². The molecule has 158 valence electrons. The number of aromatic hydroxyl groups is 2. The zero-order valence-electron chi connectivity index (χ0n) is 17.2. The summed E-state index contributed by atoms with van der Waals surface area (Å²) in [5.41, 5.74) is 2.04.